The van der Waals surface area contributed by atoms with Crippen molar-refractivity contribution in [2.24, 2.45) is 0 Å². The molecule has 0 aliphatic carbocycles. The normalized spacial score (nSPS) is 15.7. The van der Waals surface area contributed by atoms with Gasteiger partial charge in [-0.2, -0.15) is 18.4 Å². The molecule has 200 valence electrons. The molecule has 1 fully saturated rings. The van der Waals surface area contributed by atoms with Crippen molar-refractivity contribution in [1.29, 1.82) is 5.26 Å². The van der Waals surface area contributed by atoms with Crippen LogP contribution in [0.5, 0.6) is 5.75 Å². The van der Waals surface area contributed by atoms with Crippen LogP contribution in [0.1, 0.15) is 12.5 Å². The van der Waals surface area contributed by atoms with Crippen LogP contribution in [0, 0.1) is 18.3 Å². The molecule has 0 atom stereocenters. The van der Waals surface area contributed by atoms with Crippen molar-refractivity contribution in [3.8, 4) is 11.8 Å². The van der Waals surface area contributed by atoms with Crippen molar-refractivity contribution in [3.05, 3.63) is 43.3 Å². The zero-order valence-electron chi connectivity index (χ0n) is 20.5. The average molecular weight is 540 g/mol. The van der Waals surface area contributed by atoms with Crippen LogP contribution in [0.3, 0.4) is 0 Å². The monoisotopic (exact) mass is 539 g/mol. The van der Waals surface area contributed by atoms with Gasteiger partial charge < -0.3 is 20.1 Å². The molecule has 0 spiro atoms. The number of benzene rings is 1. The number of halogens is 3. The van der Waals surface area contributed by atoms with Crippen LogP contribution in [0.2, 0.25) is 0 Å². The zero-order chi connectivity index (χ0) is 27.0. The Morgan fingerprint density at radius 1 is 1.32 bits per heavy atom. The molecule has 0 unspecified atom stereocenters. The van der Waals surface area contributed by atoms with Gasteiger partial charge in [-0.3, -0.25) is 19.1 Å². The van der Waals surface area contributed by atoms with E-state index in [9.17, 15) is 28.0 Å². The van der Waals surface area contributed by atoms with Gasteiger partial charge in [-0.25, -0.2) is 0 Å². The number of carbonyl (C=O) groups excluding carboxylic acids is 1. The maximum atomic E-state index is 12.8. The number of hydrogen-bond donors (Lipinski definition) is 2. The van der Waals surface area contributed by atoms with Gasteiger partial charge in [0, 0.05) is 44.1 Å². The summed E-state index contributed by atoms with van der Waals surface area (Å²) in [7, 11) is 0. The summed E-state index contributed by atoms with van der Waals surface area (Å²) >= 11 is 0.845. The van der Waals surface area contributed by atoms with Crippen molar-refractivity contribution in [1.82, 2.24) is 14.8 Å². The Bertz CT molecular complexity index is 1320. The molecule has 0 radical (unpaired) electrons. The van der Waals surface area contributed by atoms with Gasteiger partial charge in [0.25, 0.3) is 11.5 Å². The number of carbonyl (C=O) groups is 1. The van der Waals surface area contributed by atoms with Gasteiger partial charge in [-0.15, -0.1) is 11.3 Å². The number of anilines is 1. The molecule has 0 saturated carbocycles. The molecule has 3 rings (SSSR count). The largest absolute Gasteiger partial charge is 0.492 e. The van der Waals surface area contributed by atoms with Gasteiger partial charge >= 0.3 is 6.18 Å². The molecular formula is C24H28F3N5O4S. The Labute approximate surface area is 215 Å². The first kappa shape index (κ1) is 28.2. The zero-order valence-corrected chi connectivity index (χ0v) is 21.3. The number of nitrogens with one attached hydrogen (secondary N) is 2. The predicted molar refractivity (Wildman–Crippen MR) is 134 cm³/mol. The Morgan fingerprint density at radius 3 is 2.70 bits per heavy atom. The highest BCUT2D eigenvalue weighted by Crippen LogP contribution is 2.22. The van der Waals surface area contributed by atoms with Crippen molar-refractivity contribution < 1.29 is 27.4 Å². The summed E-state index contributed by atoms with van der Waals surface area (Å²) in [6, 6.07) is 7.11. The maximum absolute atomic E-state index is 12.8. The average Bonchev–Trinajstić information content (AvgIpc) is 3.18. The summed E-state index contributed by atoms with van der Waals surface area (Å²) in [5.41, 5.74) is 0.564. The van der Waals surface area contributed by atoms with Crippen LogP contribution in [-0.2, 0) is 16.1 Å². The second-order valence-electron chi connectivity index (χ2n) is 8.18. The maximum Gasteiger partial charge on any atom is 0.405 e. The Kier molecular flexibility index (Phi) is 9.73. The second kappa shape index (κ2) is 12.8. The van der Waals surface area contributed by atoms with E-state index < -0.39 is 29.8 Å². The number of alkyl halides is 3. The van der Waals surface area contributed by atoms with Crippen molar-refractivity contribution >= 4 is 34.7 Å². The molecule has 1 aromatic heterocycles. The number of aryl methyl sites for hydroxylation is 1. The first-order chi connectivity index (χ1) is 17.6. The van der Waals surface area contributed by atoms with E-state index in [0.29, 0.717) is 31.3 Å². The Morgan fingerprint density at radius 2 is 2.05 bits per heavy atom. The number of amides is 1. The second-order valence-corrected chi connectivity index (χ2v) is 9.21. The number of aromatic nitrogens is 1. The molecule has 1 saturated heterocycles. The predicted octanol–water partition coefficient (Wildman–Crippen LogP) is 1.15. The summed E-state index contributed by atoms with van der Waals surface area (Å²) < 4.78 is 50.1. The van der Waals surface area contributed by atoms with E-state index in [1.807, 2.05) is 19.1 Å². The minimum Gasteiger partial charge on any atom is -0.492 e. The highest BCUT2D eigenvalue weighted by Gasteiger charge is 2.29. The van der Waals surface area contributed by atoms with Gasteiger partial charge in [0.15, 0.2) is 5.57 Å². The molecule has 13 heteroatoms. The fourth-order valence-corrected chi connectivity index (χ4v) is 4.65. The summed E-state index contributed by atoms with van der Waals surface area (Å²) in [6.45, 7) is 6.55. The summed E-state index contributed by atoms with van der Waals surface area (Å²) in [5, 5.41) is 14.1. The number of ether oxygens (including phenoxy) is 2. The van der Waals surface area contributed by atoms with Gasteiger partial charge in [-0.05, 0) is 25.5 Å². The number of hydrogen-bond acceptors (Lipinski definition) is 8. The van der Waals surface area contributed by atoms with E-state index >= 15 is 0 Å². The molecule has 9 nitrogen and oxygen atoms in total. The molecule has 37 heavy (non-hydrogen) atoms. The van der Waals surface area contributed by atoms with E-state index in [-0.39, 0.29) is 15.7 Å². The van der Waals surface area contributed by atoms with Gasteiger partial charge in [0.1, 0.15) is 34.2 Å². The first-order valence-electron chi connectivity index (χ1n) is 11.6. The number of nitrogens with zero attached hydrogens (tertiary/aromatic N) is 3. The molecule has 2 heterocycles. The quantitative estimate of drug-likeness (QED) is 0.492. The summed E-state index contributed by atoms with van der Waals surface area (Å²) in [5.74, 6) is -0.508. The van der Waals surface area contributed by atoms with E-state index in [4.69, 9.17) is 9.47 Å². The number of nitriles is 1. The summed E-state index contributed by atoms with van der Waals surface area (Å²) in [4.78, 5) is 27.3. The number of thiazole rings is 1. The van der Waals surface area contributed by atoms with Crippen LogP contribution in [0.15, 0.2) is 23.0 Å². The van der Waals surface area contributed by atoms with Crippen LogP contribution in [-0.4, -0.2) is 67.6 Å². The van der Waals surface area contributed by atoms with E-state index in [0.717, 1.165) is 36.5 Å². The van der Waals surface area contributed by atoms with Crippen LogP contribution in [0.25, 0.3) is 11.8 Å². The van der Waals surface area contributed by atoms with E-state index in [2.05, 4.69) is 10.2 Å². The molecule has 2 N–H and O–H groups in total. The van der Waals surface area contributed by atoms with Crippen LogP contribution < -0.4 is 30.1 Å². The molecule has 0 bridgehead atoms. The molecule has 1 aromatic carbocycles. The van der Waals surface area contributed by atoms with Gasteiger partial charge in [0.2, 0.25) is 0 Å². The lowest BCUT2D eigenvalue weighted by Crippen LogP contribution is -2.38. The lowest BCUT2D eigenvalue weighted by atomic mass is 10.2. The SMILES string of the molecule is CCn1c(=O)/c(=C\Nc2ccc(C)c(OCCN3CCOCC3)c2)s/c1=C(/C#N)C(=O)NCC(F)(F)F. The first-order valence-corrected chi connectivity index (χ1v) is 12.4. The number of morpholine rings is 1. The molecule has 2 aromatic rings. The highest BCUT2D eigenvalue weighted by molar-refractivity contribution is 7.07. The smallest absolute Gasteiger partial charge is 0.405 e. The Balaban J connectivity index is 1.80. The standard InChI is InChI=1S/C24H28F3N5O4S/c1-3-32-22(34)20(37-23(32)18(13-28)21(33)30-15-24(25,26)27)14-29-17-5-4-16(2)19(12-17)36-11-8-31-6-9-35-10-7-31/h4-5,12,14,29H,3,6-11,15H2,1-2H3,(H,30,33)/b20-14+,23-18-. The van der Waals surface area contributed by atoms with Crippen molar-refractivity contribution in [2.45, 2.75) is 26.6 Å². The highest BCUT2D eigenvalue weighted by atomic mass is 32.1. The topological polar surface area (TPSA) is 109 Å². The molecule has 1 aliphatic rings. The lowest BCUT2D eigenvalue weighted by molar-refractivity contribution is -0.135. The molecular weight excluding hydrogens is 511 g/mol. The fourth-order valence-electron chi connectivity index (χ4n) is 3.56. The molecule has 1 amide bonds. The van der Waals surface area contributed by atoms with Gasteiger partial charge in [0.05, 0.1) is 13.2 Å². The Hall–Kier alpha value is -3.34. The lowest BCUT2D eigenvalue weighted by Gasteiger charge is -2.26. The minimum absolute atomic E-state index is 0.0150. The summed E-state index contributed by atoms with van der Waals surface area (Å²) in [6.07, 6.45) is -3.19. The third-order valence-corrected chi connectivity index (χ3v) is 6.68. The van der Waals surface area contributed by atoms with Crippen molar-refractivity contribution in [3.63, 3.8) is 0 Å². The van der Waals surface area contributed by atoms with E-state index in [1.54, 1.807) is 24.4 Å². The third-order valence-electron chi connectivity index (χ3n) is 5.55. The third kappa shape index (κ3) is 7.82. The van der Waals surface area contributed by atoms with Crippen LogP contribution in [0.4, 0.5) is 18.9 Å². The van der Waals surface area contributed by atoms with Gasteiger partial charge in [-0.1, -0.05) is 6.07 Å². The molecule has 1 aliphatic heterocycles. The van der Waals surface area contributed by atoms with Crippen molar-refractivity contribution in [2.75, 3.05) is 51.3 Å². The van der Waals surface area contributed by atoms with E-state index in [1.165, 1.54) is 10.8 Å². The fraction of sp³-hybridized carbons (Fsp3) is 0.458. The van der Waals surface area contributed by atoms with Crippen LogP contribution >= 0.6 is 11.3 Å². The number of rotatable bonds is 9. The minimum atomic E-state index is -4.63.